The van der Waals surface area contributed by atoms with Crippen molar-refractivity contribution in [3.05, 3.63) is 77.4 Å². The van der Waals surface area contributed by atoms with Crippen LogP contribution in [0.15, 0.2) is 70.3 Å². The van der Waals surface area contributed by atoms with Gasteiger partial charge in [-0.1, -0.05) is 24.3 Å². The summed E-state index contributed by atoms with van der Waals surface area (Å²) in [6.07, 6.45) is 0. The number of ether oxygens (including phenoxy) is 2. The lowest BCUT2D eigenvalue weighted by Crippen LogP contribution is -2.25. The number of hydrogen-bond acceptors (Lipinski definition) is 6. The van der Waals surface area contributed by atoms with Crippen molar-refractivity contribution in [1.29, 1.82) is 0 Å². The maximum Gasteiger partial charge on any atom is 0.344 e. The Labute approximate surface area is 172 Å². The van der Waals surface area contributed by atoms with E-state index in [0.717, 1.165) is 11.3 Å². The number of benzene rings is 2. The second kappa shape index (κ2) is 9.06. The predicted octanol–water partition coefficient (Wildman–Crippen LogP) is 3.83. The number of nitrogens with zero attached hydrogens (tertiary/aromatic N) is 1. The Balaban J connectivity index is 1.54. The molecular weight excluding hydrogens is 417 g/mol. The molecular formula is C20H18FNO5S2. The first-order valence-electron chi connectivity index (χ1n) is 8.52. The molecule has 6 nitrogen and oxygen atoms in total. The van der Waals surface area contributed by atoms with E-state index < -0.39 is 21.8 Å². The number of carbonyl (C=O) groups excluding carboxylic acids is 1. The van der Waals surface area contributed by atoms with Crippen LogP contribution >= 0.6 is 11.3 Å². The van der Waals surface area contributed by atoms with Crippen LogP contribution in [0, 0.1) is 5.82 Å². The van der Waals surface area contributed by atoms with E-state index in [1.165, 1.54) is 23.5 Å². The van der Waals surface area contributed by atoms with Crippen molar-refractivity contribution in [2.75, 3.05) is 18.0 Å². The van der Waals surface area contributed by atoms with Crippen molar-refractivity contribution < 1.29 is 27.1 Å². The van der Waals surface area contributed by atoms with E-state index in [2.05, 4.69) is 0 Å². The second-order valence-corrected chi connectivity index (χ2v) is 9.08. The summed E-state index contributed by atoms with van der Waals surface area (Å²) in [6, 6.07) is 15.5. The molecule has 0 bridgehead atoms. The van der Waals surface area contributed by atoms with Crippen LogP contribution in [0.3, 0.4) is 0 Å². The minimum Gasteiger partial charge on any atom is -0.482 e. The molecule has 1 heterocycles. The van der Waals surface area contributed by atoms with Crippen molar-refractivity contribution in [1.82, 2.24) is 0 Å². The Kier molecular flexibility index (Phi) is 6.50. The van der Waals surface area contributed by atoms with E-state index in [1.54, 1.807) is 53.9 Å². The fourth-order valence-corrected chi connectivity index (χ4v) is 4.75. The molecule has 0 saturated heterocycles. The number of halogens is 1. The molecule has 152 valence electrons. The standard InChI is InChI=1S/C20H18FNO5S2/c1-22(29(24,25)20-7-4-12-28-20)16-8-10-17(11-9-16)26-14-19(23)27-13-15-5-2-3-6-18(15)21/h2-12H,13-14H2,1H3. The lowest BCUT2D eigenvalue weighted by molar-refractivity contribution is -0.147. The van der Waals surface area contributed by atoms with Gasteiger partial charge in [0.1, 0.15) is 22.4 Å². The lowest BCUT2D eigenvalue weighted by atomic mass is 10.2. The summed E-state index contributed by atoms with van der Waals surface area (Å²) < 4.78 is 50.3. The van der Waals surface area contributed by atoms with Crippen LogP contribution in [0.5, 0.6) is 5.75 Å². The zero-order valence-electron chi connectivity index (χ0n) is 15.4. The third kappa shape index (κ3) is 5.12. The summed E-state index contributed by atoms with van der Waals surface area (Å²) >= 11 is 1.14. The molecule has 0 saturated carbocycles. The minimum atomic E-state index is -3.62. The second-order valence-electron chi connectivity index (χ2n) is 5.94. The van der Waals surface area contributed by atoms with Crippen LogP contribution in [0.2, 0.25) is 0 Å². The number of rotatable bonds is 8. The van der Waals surface area contributed by atoms with Crippen molar-refractivity contribution in [2.24, 2.45) is 0 Å². The van der Waals surface area contributed by atoms with Crippen LogP contribution in [0.25, 0.3) is 0 Å². The fourth-order valence-electron chi connectivity index (χ4n) is 2.39. The first-order valence-corrected chi connectivity index (χ1v) is 10.8. The largest absolute Gasteiger partial charge is 0.482 e. The Morgan fingerprint density at radius 3 is 2.45 bits per heavy atom. The monoisotopic (exact) mass is 435 g/mol. The molecule has 0 amide bonds. The predicted molar refractivity (Wildman–Crippen MR) is 108 cm³/mol. The summed E-state index contributed by atoms with van der Waals surface area (Å²) in [5, 5.41) is 1.70. The molecule has 3 rings (SSSR count). The van der Waals surface area contributed by atoms with E-state index in [-0.39, 0.29) is 23.0 Å². The van der Waals surface area contributed by atoms with Gasteiger partial charge in [-0.25, -0.2) is 17.6 Å². The number of anilines is 1. The third-order valence-corrected chi connectivity index (χ3v) is 7.17. The highest BCUT2D eigenvalue weighted by Gasteiger charge is 2.22. The average Bonchev–Trinajstić information content (AvgIpc) is 3.27. The van der Waals surface area contributed by atoms with Gasteiger partial charge in [0.25, 0.3) is 10.0 Å². The van der Waals surface area contributed by atoms with Gasteiger partial charge in [-0.3, -0.25) is 4.31 Å². The topological polar surface area (TPSA) is 72.9 Å². The average molecular weight is 435 g/mol. The van der Waals surface area contributed by atoms with E-state index in [1.807, 2.05) is 0 Å². The maximum atomic E-state index is 13.5. The summed E-state index contributed by atoms with van der Waals surface area (Å²) in [6.45, 7) is -0.531. The molecule has 0 aliphatic heterocycles. The van der Waals surface area contributed by atoms with Gasteiger partial charge in [-0.15, -0.1) is 11.3 Å². The van der Waals surface area contributed by atoms with E-state index >= 15 is 0 Å². The molecule has 0 N–H and O–H groups in total. The SMILES string of the molecule is CN(c1ccc(OCC(=O)OCc2ccccc2F)cc1)S(=O)(=O)c1cccs1. The van der Waals surface area contributed by atoms with Gasteiger partial charge in [0.2, 0.25) is 0 Å². The van der Waals surface area contributed by atoms with Gasteiger partial charge in [0, 0.05) is 12.6 Å². The molecule has 0 atom stereocenters. The number of sulfonamides is 1. The Morgan fingerprint density at radius 2 is 1.79 bits per heavy atom. The summed E-state index contributed by atoms with van der Waals surface area (Å²) in [5.41, 5.74) is 0.730. The van der Waals surface area contributed by atoms with Crippen LogP contribution in [-0.4, -0.2) is 28.0 Å². The Morgan fingerprint density at radius 1 is 1.07 bits per heavy atom. The van der Waals surface area contributed by atoms with Crippen LogP contribution in [-0.2, 0) is 26.2 Å². The first-order chi connectivity index (χ1) is 13.9. The number of thiophene rings is 1. The number of esters is 1. The molecule has 29 heavy (non-hydrogen) atoms. The summed E-state index contributed by atoms with van der Waals surface area (Å²) in [7, 11) is -2.15. The molecule has 0 spiro atoms. The fraction of sp³-hybridized carbons (Fsp3) is 0.150. The molecule has 9 heteroatoms. The van der Waals surface area contributed by atoms with Gasteiger partial charge in [0.05, 0.1) is 5.69 Å². The highest BCUT2D eigenvalue weighted by atomic mass is 32.2. The van der Waals surface area contributed by atoms with Crippen LogP contribution < -0.4 is 9.04 Å². The Bertz CT molecular complexity index is 1070. The smallest absolute Gasteiger partial charge is 0.344 e. The maximum absolute atomic E-state index is 13.5. The zero-order chi connectivity index (χ0) is 20.9. The first kappa shape index (κ1) is 20.8. The minimum absolute atomic E-state index is 0.181. The molecule has 0 aliphatic rings. The van der Waals surface area contributed by atoms with Crippen LogP contribution in [0.4, 0.5) is 10.1 Å². The lowest BCUT2D eigenvalue weighted by Gasteiger charge is -2.18. The van der Waals surface area contributed by atoms with E-state index in [4.69, 9.17) is 9.47 Å². The molecule has 1 aromatic heterocycles. The normalized spacial score (nSPS) is 11.1. The van der Waals surface area contributed by atoms with Gasteiger partial charge < -0.3 is 9.47 Å². The zero-order valence-corrected chi connectivity index (χ0v) is 17.1. The number of hydrogen-bond donors (Lipinski definition) is 0. The molecule has 2 aromatic carbocycles. The van der Waals surface area contributed by atoms with Crippen molar-refractivity contribution in [3.8, 4) is 5.75 Å². The summed E-state index contributed by atoms with van der Waals surface area (Å²) in [4.78, 5) is 11.8. The molecule has 0 fully saturated rings. The Hall–Kier alpha value is -2.91. The van der Waals surface area contributed by atoms with E-state index in [9.17, 15) is 17.6 Å². The highest BCUT2D eigenvalue weighted by molar-refractivity contribution is 7.94. The van der Waals surface area contributed by atoms with Crippen LogP contribution in [0.1, 0.15) is 5.56 Å². The summed E-state index contributed by atoms with van der Waals surface area (Å²) in [5.74, 6) is -0.716. The van der Waals surface area contributed by atoms with E-state index in [0.29, 0.717) is 11.4 Å². The van der Waals surface area contributed by atoms with Gasteiger partial charge >= 0.3 is 5.97 Å². The number of carbonyl (C=O) groups is 1. The molecule has 3 aromatic rings. The highest BCUT2D eigenvalue weighted by Crippen LogP contribution is 2.26. The molecule has 0 aliphatic carbocycles. The molecule has 0 radical (unpaired) electrons. The third-order valence-electron chi connectivity index (χ3n) is 4.01. The van der Waals surface area contributed by atoms with Crippen molar-refractivity contribution in [2.45, 2.75) is 10.8 Å². The quantitative estimate of drug-likeness (QED) is 0.503. The molecule has 0 unspecified atom stereocenters. The van der Waals surface area contributed by atoms with Gasteiger partial charge in [0.15, 0.2) is 6.61 Å². The van der Waals surface area contributed by atoms with Crippen molar-refractivity contribution >= 4 is 33.0 Å². The van der Waals surface area contributed by atoms with Crippen molar-refractivity contribution in [3.63, 3.8) is 0 Å². The van der Waals surface area contributed by atoms with Gasteiger partial charge in [-0.2, -0.15) is 0 Å². The van der Waals surface area contributed by atoms with Gasteiger partial charge in [-0.05, 0) is 41.8 Å².